The summed E-state index contributed by atoms with van der Waals surface area (Å²) in [5.41, 5.74) is 1.19. The van der Waals surface area contributed by atoms with Crippen LogP contribution in [0.15, 0.2) is 36.5 Å². The summed E-state index contributed by atoms with van der Waals surface area (Å²) in [6.07, 6.45) is 4.08. The Bertz CT molecular complexity index is 710. The second-order valence-electron chi connectivity index (χ2n) is 6.68. The maximum absolute atomic E-state index is 5.85. The predicted octanol–water partition coefficient (Wildman–Crippen LogP) is 2.35. The number of anilines is 1. The number of rotatable bonds is 4. The van der Waals surface area contributed by atoms with E-state index in [1.807, 2.05) is 24.3 Å². The number of hydrogen-bond acceptors (Lipinski definition) is 6. The monoisotopic (exact) mass is 340 g/mol. The molecule has 0 radical (unpaired) electrons. The van der Waals surface area contributed by atoms with E-state index in [9.17, 15) is 0 Å². The smallest absolute Gasteiger partial charge is 0.165 e. The first-order chi connectivity index (χ1) is 12.3. The highest BCUT2D eigenvalue weighted by molar-refractivity contribution is 5.47. The van der Waals surface area contributed by atoms with Gasteiger partial charge in [0.15, 0.2) is 17.3 Å². The number of ether oxygens (including phenoxy) is 2. The van der Waals surface area contributed by atoms with Crippen LogP contribution in [0.5, 0.6) is 11.5 Å². The molecule has 3 heterocycles. The topological polar surface area (TPSA) is 50.7 Å². The lowest BCUT2D eigenvalue weighted by Crippen LogP contribution is -2.46. The Kier molecular flexibility index (Phi) is 4.70. The van der Waals surface area contributed by atoms with Crippen LogP contribution in [0.4, 0.5) is 5.82 Å². The third-order valence-corrected chi connectivity index (χ3v) is 4.97. The first kappa shape index (κ1) is 16.1. The van der Waals surface area contributed by atoms with Crippen LogP contribution in [0.1, 0.15) is 18.4 Å². The highest BCUT2D eigenvalue weighted by atomic mass is 16.6. The van der Waals surface area contributed by atoms with Crippen molar-refractivity contribution in [3.05, 3.63) is 42.1 Å². The minimum atomic E-state index is 0.483. The van der Waals surface area contributed by atoms with E-state index in [1.54, 1.807) is 6.20 Å². The average molecular weight is 340 g/mol. The molecule has 1 saturated heterocycles. The van der Waals surface area contributed by atoms with Crippen LogP contribution >= 0.6 is 0 Å². The molecule has 0 amide bonds. The zero-order valence-electron chi connectivity index (χ0n) is 14.6. The summed E-state index contributed by atoms with van der Waals surface area (Å²) in [6.45, 7) is 4.12. The van der Waals surface area contributed by atoms with Crippen LogP contribution in [0.2, 0.25) is 0 Å². The Morgan fingerprint density at radius 2 is 2.12 bits per heavy atom. The molecule has 2 aromatic rings. The van der Waals surface area contributed by atoms with E-state index in [0.717, 1.165) is 43.4 Å². The second-order valence-corrected chi connectivity index (χ2v) is 6.68. The van der Waals surface area contributed by atoms with Crippen molar-refractivity contribution in [2.24, 2.45) is 0 Å². The Balaban J connectivity index is 1.45. The zero-order chi connectivity index (χ0) is 17.1. The normalized spacial score (nSPS) is 19.9. The van der Waals surface area contributed by atoms with Gasteiger partial charge in [-0.3, -0.25) is 4.90 Å². The first-order valence-electron chi connectivity index (χ1n) is 8.91. The van der Waals surface area contributed by atoms with Crippen molar-refractivity contribution in [1.29, 1.82) is 0 Å². The summed E-state index contributed by atoms with van der Waals surface area (Å²) in [6, 6.07) is 10.6. The van der Waals surface area contributed by atoms with E-state index in [-0.39, 0.29) is 0 Å². The van der Waals surface area contributed by atoms with Crippen molar-refractivity contribution in [2.45, 2.75) is 25.4 Å². The third kappa shape index (κ3) is 3.54. The summed E-state index contributed by atoms with van der Waals surface area (Å²) in [5, 5.41) is 8.27. The number of nitrogens with zero attached hydrogens (tertiary/aromatic N) is 4. The van der Waals surface area contributed by atoms with E-state index < -0.39 is 0 Å². The molecule has 4 rings (SSSR count). The Hall–Kier alpha value is -2.34. The molecule has 2 aliphatic heterocycles. The SMILES string of the molecule is CN(Cc1cccc2c1OCCO2)C1CCCN(c2cccnn2)C1. The van der Waals surface area contributed by atoms with Crippen LogP contribution in [-0.2, 0) is 6.54 Å². The van der Waals surface area contributed by atoms with Gasteiger partial charge >= 0.3 is 0 Å². The number of para-hydroxylation sites is 1. The van der Waals surface area contributed by atoms with E-state index in [0.29, 0.717) is 19.3 Å². The van der Waals surface area contributed by atoms with Crippen LogP contribution in [0, 0.1) is 0 Å². The van der Waals surface area contributed by atoms with Crippen molar-refractivity contribution in [2.75, 3.05) is 38.3 Å². The minimum Gasteiger partial charge on any atom is -0.486 e. The number of aromatic nitrogens is 2. The Morgan fingerprint density at radius 1 is 1.20 bits per heavy atom. The lowest BCUT2D eigenvalue weighted by atomic mass is 10.0. The average Bonchev–Trinajstić information content (AvgIpc) is 2.69. The summed E-state index contributed by atoms with van der Waals surface area (Å²) in [5.74, 6) is 2.73. The fourth-order valence-corrected chi connectivity index (χ4v) is 3.64. The molecule has 6 nitrogen and oxygen atoms in total. The summed E-state index contributed by atoms with van der Waals surface area (Å²) in [4.78, 5) is 4.74. The maximum Gasteiger partial charge on any atom is 0.165 e. The molecule has 0 bridgehead atoms. The Morgan fingerprint density at radius 3 is 3.00 bits per heavy atom. The number of piperidine rings is 1. The van der Waals surface area contributed by atoms with Gasteiger partial charge in [-0.05, 0) is 38.1 Å². The number of fused-ring (bicyclic) bond motifs is 1. The summed E-state index contributed by atoms with van der Waals surface area (Å²) >= 11 is 0. The van der Waals surface area contributed by atoms with Crippen LogP contribution < -0.4 is 14.4 Å². The van der Waals surface area contributed by atoms with Gasteiger partial charge in [-0.1, -0.05) is 12.1 Å². The van der Waals surface area contributed by atoms with Crippen LogP contribution in [-0.4, -0.2) is 54.5 Å². The van der Waals surface area contributed by atoms with Crippen molar-refractivity contribution >= 4 is 5.82 Å². The molecule has 0 spiro atoms. The molecule has 6 heteroatoms. The lowest BCUT2D eigenvalue weighted by Gasteiger charge is -2.38. The van der Waals surface area contributed by atoms with E-state index >= 15 is 0 Å². The molecule has 1 atom stereocenters. The molecule has 25 heavy (non-hydrogen) atoms. The fraction of sp³-hybridized carbons (Fsp3) is 0.474. The van der Waals surface area contributed by atoms with Crippen molar-refractivity contribution in [3.8, 4) is 11.5 Å². The lowest BCUT2D eigenvalue weighted by molar-refractivity contribution is 0.163. The highest BCUT2D eigenvalue weighted by Gasteiger charge is 2.25. The second kappa shape index (κ2) is 7.27. The van der Waals surface area contributed by atoms with Gasteiger partial charge in [0, 0.05) is 37.4 Å². The van der Waals surface area contributed by atoms with Gasteiger partial charge < -0.3 is 14.4 Å². The highest BCUT2D eigenvalue weighted by Crippen LogP contribution is 2.34. The molecule has 1 aromatic heterocycles. The molecule has 0 saturated carbocycles. The van der Waals surface area contributed by atoms with Gasteiger partial charge in [-0.2, -0.15) is 5.10 Å². The number of likely N-dealkylation sites (N-methyl/N-ethyl adjacent to an activating group) is 1. The van der Waals surface area contributed by atoms with Gasteiger partial charge in [0.05, 0.1) is 0 Å². The maximum atomic E-state index is 5.85. The molecule has 2 aliphatic rings. The Labute approximate surface area is 148 Å². The van der Waals surface area contributed by atoms with Crippen LogP contribution in [0.3, 0.4) is 0 Å². The number of benzene rings is 1. The summed E-state index contributed by atoms with van der Waals surface area (Å²) < 4.78 is 11.6. The fourth-order valence-electron chi connectivity index (χ4n) is 3.64. The van der Waals surface area contributed by atoms with Gasteiger partial charge in [0.1, 0.15) is 13.2 Å². The molecular weight excluding hydrogens is 316 g/mol. The van der Waals surface area contributed by atoms with E-state index in [1.165, 1.54) is 12.0 Å². The molecule has 0 aliphatic carbocycles. The van der Waals surface area contributed by atoms with E-state index in [2.05, 4.69) is 33.1 Å². The van der Waals surface area contributed by atoms with Crippen molar-refractivity contribution < 1.29 is 9.47 Å². The standard InChI is InChI=1S/C19H24N4O2/c1-22(13-15-5-2-7-17-19(15)25-12-11-24-17)16-6-4-10-23(14-16)18-8-3-9-20-21-18/h2-3,5,7-9,16H,4,6,10-14H2,1H3. The molecule has 0 N–H and O–H groups in total. The molecule has 132 valence electrons. The van der Waals surface area contributed by atoms with Gasteiger partial charge in [-0.15, -0.1) is 5.10 Å². The largest absolute Gasteiger partial charge is 0.486 e. The first-order valence-corrected chi connectivity index (χ1v) is 8.91. The van der Waals surface area contributed by atoms with Gasteiger partial charge in [0.2, 0.25) is 0 Å². The van der Waals surface area contributed by atoms with E-state index in [4.69, 9.17) is 9.47 Å². The molecular formula is C19H24N4O2. The quantitative estimate of drug-likeness (QED) is 0.852. The summed E-state index contributed by atoms with van der Waals surface area (Å²) in [7, 11) is 2.19. The zero-order valence-corrected chi connectivity index (χ0v) is 14.6. The van der Waals surface area contributed by atoms with Gasteiger partial charge in [0.25, 0.3) is 0 Å². The van der Waals surface area contributed by atoms with Crippen molar-refractivity contribution in [3.63, 3.8) is 0 Å². The molecule has 1 fully saturated rings. The van der Waals surface area contributed by atoms with Gasteiger partial charge in [-0.25, -0.2) is 0 Å². The number of hydrogen-bond donors (Lipinski definition) is 0. The third-order valence-electron chi connectivity index (χ3n) is 4.97. The predicted molar refractivity (Wildman–Crippen MR) is 96.2 cm³/mol. The minimum absolute atomic E-state index is 0.483. The molecule has 1 aromatic carbocycles. The van der Waals surface area contributed by atoms with Crippen molar-refractivity contribution in [1.82, 2.24) is 15.1 Å². The van der Waals surface area contributed by atoms with Crippen LogP contribution in [0.25, 0.3) is 0 Å². The molecule has 1 unspecified atom stereocenters.